The topological polar surface area (TPSA) is 95.1 Å². The molecule has 0 aliphatic carbocycles. The molecule has 2 aromatic carbocycles. The minimum Gasteiger partial charge on any atom is -0.497 e. The number of nitrogens with two attached hydrogens (primary N) is 1. The van der Waals surface area contributed by atoms with Gasteiger partial charge in [0.05, 0.1) is 12.4 Å². The first-order chi connectivity index (χ1) is 13.5. The fourth-order valence-electron chi connectivity index (χ4n) is 2.47. The molecule has 0 spiro atoms. The SMILES string of the molecule is COc1ccc(CNC(=O)[C@@H](C)Sc2nnc(-c3cccc(Cl)c3)n2N)cc1. The zero-order valence-corrected chi connectivity index (χ0v) is 17.0. The number of ether oxygens (including phenoxy) is 1. The Hall–Kier alpha value is -2.71. The van der Waals surface area contributed by atoms with Crippen LogP contribution in [0.5, 0.6) is 5.75 Å². The fourth-order valence-corrected chi connectivity index (χ4v) is 3.45. The van der Waals surface area contributed by atoms with E-state index in [1.54, 1.807) is 26.2 Å². The predicted octanol–water partition coefficient (Wildman–Crippen LogP) is 3.12. The van der Waals surface area contributed by atoms with Crippen molar-refractivity contribution in [1.82, 2.24) is 20.2 Å². The van der Waals surface area contributed by atoms with Crippen LogP contribution in [-0.4, -0.2) is 33.1 Å². The van der Waals surface area contributed by atoms with Crippen LogP contribution >= 0.6 is 23.4 Å². The molecule has 0 saturated heterocycles. The van der Waals surface area contributed by atoms with E-state index in [-0.39, 0.29) is 5.91 Å². The number of amides is 1. The molecule has 7 nitrogen and oxygen atoms in total. The van der Waals surface area contributed by atoms with Crippen molar-refractivity contribution in [2.75, 3.05) is 13.0 Å². The van der Waals surface area contributed by atoms with Gasteiger partial charge in [-0.25, -0.2) is 4.68 Å². The smallest absolute Gasteiger partial charge is 0.233 e. The van der Waals surface area contributed by atoms with E-state index >= 15 is 0 Å². The van der Waals surface area contributed by atoms with Crippen molar-refractivity contribution >= 4 is 29.3 Å². The molecule has 0 unspecified atom stereocenters. The van der Waals surface area contributed by atoms with Crippen LogP contribution in [0.25, 0.3) is 11.4 Å². The van der Waals surface area contributed by atoms with Gasteiger partial charge in [-0.15, -0.1) is 10.2 Å². The summed E-state index contributed by atoms with van der Waals surface area (Å²) in [6.45, 7) is 2.22. The quantitative estimate of drug-likeness (QED) is 0.453. The number of nitrogens with one attached hydrogen (secondary N) is 1. The normalized spacial score (nSPS) is 11.8. The molecule has 1 amide bonds. The minimum absolute atomic E-state index is 0.117. The van der Waals surface area contributed by atoms with Crippen molar-refractivity contribution in [2.45, 2.75) is 23.9 Å². The van der Waals surface area contributed by atoms with Gasteiger partial charge in [0.25, 0.3) is 0 Å². The van der Waals surface area contributed by atoms with E-state index in [1.165, 1.54) is 16.4 Å². The van der Waals surface area contributed by atoms with Gasteiger partial charge < -0.3 is 15.9 Å². The van der Waals surface area contributed by atoms with Gasteiger partial charge in [0, 0.05) is 17.1 Å². The first-order valence-electron chi connectivity index (χ1n) is 8.51. The Labute approximate surface area is 172 Å². The summed E-state index contributed by atoms with van der Waals surface area (Å²) in [5.74, 6) is 7.25. The summed E-state index contributed by atoms with van der Waals surface area (Å²) in [5.41, 5.74) is 1.74. The second-order valence-electron chi connectivity index (χ2n) is 6.01. The van der Waals surface area contributed by atoms with E-state index in [2.05, 4.69) is 15.5 Å². The van der Waals surface area contributed by atoms with Gasteiger partial charge in [0.1, 0.15) is 5.75 Å². The van der Waals surface area contributed by atoms with E-state index in [4.69, 9.17) is 22.2 Å². The van der Waals surface area contributed by atoms with Gasteiger partial charge in [-0.1, -0.05) is 47.6 Å². The Morgan fingerprint density at radius 3 is 2.71 bits per heavy atom. The monoisotopic (exact) mass is 417 g/mol. The first-order valence-corrected chi connectivity index (χ1v) is 9.77. The molecular formula is C19H20ClN5O2S. The highest BCUT2D eigenvalue weighted by molar-refractivity contribution is 8.00. The Morgan fingerprint density at radius 1 is 1.29 bits per heavy atom. The van der Waals surface area contributed by atoms with Crippen molar-refractivity contribution in [1.29, 1.82) is 0 Å². The maximum absolute atomic E-state index is 12.4. The summed E-state index contributed by atoms with van der Waals surface area (Å²) in [5, 5.41) is 11.8. The summed E-state index contributed by atoms with van der Waals surface area (Å²) in [4.78, 5) is 12.4. The van der Waals surface area contributed by atoms with Gasteiger partial charge >= 0.3 is 0 Å². The number of hydrogen-bond acceptors (Lipinski definition) is 6. The highest BCUT2D eigenvalue weighted by Crippen LogP contribution is 2.26. The number of carbonyl (C=O) groups is 1. The Morgan fingerprint density at radius 2 is 2.04 bits per heavy atom. The third kappa shape index (κ3) is 4.76. The molecular weight excluding hydrogens is 398 g/mol. The summed E-state index contributed by atoms with van der Waals surface area (Å²) < 4.78 is 6.49. The lowest BCUT2D eigenvalue weighted by molar-refractivity contribution is -0.120. The molecule has 1 atom stereocenters. The second kappa shape index (κ2) is 8.99. The lowest BCUT2D eigenvalue weighted by atomic mass is 10.2. The number of nitrogens with zero attached hydrogens (tertiary/aromatic N) is 3. The van der Waals surface area contributed by atoms with Crippen LogP contribution in [0.15, 0.2) is 53.7 Å². The van der Waals surface area contributed by atoms with E-state index in [9.17, 15) is 4.79 Å². The number of hydrogen-bond donors (Lipinski definition) is 2. The molecule has 28 heavy (non-hydrogen) atoms. The number of thioether (sulfide) groups is 1. The lowest BCUT2D eigenvalue weighted by Crippen LogP contribution is -2.30. The maximum atomic E-state index is 12.4. The molecule has 0 aliphatic rings. The molecule has 1 aromatic heterocycles. The van der Waals surface area contributed by atoms with Crippen molar-refractivity contribution in [3.63, 3.8) is 0 Å². The molecule has 1 heterocycles. The number of carbonyl (C=O) groups excluding carboxylic acids is 1. The second-order valence-corrected chi connectivity index (χ2v) is 7.76. The van der Waals surface area contributed by atoms with Crippen molar-refractivity contribution in [3.8, 4) is 17.1 Å². The number of halogens is 1. The highest BCUT2D eigenvalue weighted by Gasteiger charge is 2.20. The van der Waals surface area contributed by atoms with Gasteiger partial charge in [-0.2, -0.15) is 0 Å². The van der Waals surface area contributed by atoms with Gasteiger partial charge in [0.15, 0.2) is 5.82 Å². The van der Waals surface area contributed by atoms with Gasteiger partial charge in [-0.3, -0.25) is 4.79 Å². The average molecular weight is 418 g/mol. The van der Waals surface area contributed by atoms with E-state index in [1.807, 2.05) is 36.4 Å². The molecule has 0 bridgehead atoms. The minimum atomic E-state index is -0.392. The average Bonchev–Trinajstić information content (AvgIpc) is 3.06. The van der Waals surface area contributed by atoms with Crippen LogP contribution in [0, 0.1) is 0 Å². The molecule has 146 valence electrons. The molecule has 3 rings (SSSR count). The van der Waals surface area contributed by atoms with Crippen molar-refractivity contribution in [2.24, 2.45) is 0 Å². The van der Waals surface area contributed by atoms with E-state index in [0.717, 1.165) is 16.9 Å². The number of nitrogen functional groups attached to an aromatic ring is 1. The van der Waals surface area contributed by atoms with Gasteiger partial charge in [-0.05, 0) is 36.8 Å². The Bertz CT molecular complexity index is 961. The zero-order chi connectivity index (χ0) is 20.1. The van der Waals surface area contributed by atoms with E-state index in [0.29, 0.717) is 22.5 Å². The van der Waals surface area contributed by atoms with Gasteiger partial charge in [0.2, 0.25) is 11.1 Å². The number of rotatable bonds is 7. The number of benzene rings is 2. The van der Waals surface area contributed by atoms with Crippen molar-refractivity contribution < 1.29 is 9.53 Å². The third-order valence-corrected chi connectivity index (χ3v) is 5.32. The lowest BCUT2D eigenvalue weighted by Gasteiger charge is -2.12. The molecule has 0 aliphatic heterocycles. The molecule has 0 radical (unpaired) electrons. The van der Waals surface area contributed by atoms with Crippen LogP contribution in [0.1, 0.15) is 12.5 Å². The molecule has 3 aromatic rings. The van der Waals surface area contributed by atoms with Crippen LogP contribution in [0.2, 0.25) is 5.02 Å². The predicted molar refractivity (Wildman–Crippen MR) is 111 cm³/mol. The molecule has 9 heteroatoms. The summed E-state index contributed by atoms with van der Waals surface area (Å²) in [6.07, 6.45) is 0. The van der Waals surface area contributed by atoms with Crippen LogP contribution in [0.4, 0.5) is 0 Å². The summed E-state index contributed by atoms with van der Waals surface area (Å²) >= 11 is 7.26. The highest BCUT2D eigenvalue weighted by atomic mass is 35.5. The van der Waals surface area contributed by atoms with Crippen LogP contribution in [0.3, 0.4) is 0 Å². The maximum Gasteiger partial charge on any atom is 0.233 e. The number of aromatic nitrogens is 3. The Balaban J connectivity index is 1.60. The van der Waals surface area contributed by atoms with Crippen LogP contribution < -0.4 is 15.9 Å². The fraction of sp³-hybridized carbons (Fsp3) is 0.211. The van der Waals surface area contributed by atoms with Crippen LogP contribution in [-0.2, 0) is 11.3 Å². The molecule has 0 fully saturated rings. The summed E-state index contributed by atoms with van der Waals surface area (Å²) in [6, 6.07) is 14.7. The third-order valence-electron chi connectivity index (χ3n) is 4.02. The zero-order valence-electron chi connectivity index (χ0n) is 15.4. The number of methoxy groups -OCH3 is 1. The summed E-state index contributed by atoms with van der Waals surface area (Å²) in [7, 11) is 1.61. The standard InChI is InChI=1S/C19H20ClN5O2S/c1-12(18(26)22-11-13-6-8-16(27-2)9-7-13)28-19-24-23-17(25(19)21)14-4-3-5-15(20)10-14/h3-10,12H,11,21H2,1-2H3,(H,22,26)/t12-/m1/s1. The first kappa shape index (κ1) is 20.0. The molecule has 0 saturated carbocycles. The molecule has 3 N–H and O–H groups in total. The Kier molecular flexibility index (Phi) is 6.43. The van der Waals surface area contributed by atoms with E-state index < -0.39 is 5.25 Å². The largest absolute Gasteiger partial charge is 0.497 e. The van der Waals surface area contributed by atoms with Crippen molar-refractivity contribution in [3.05, 3.63) is 59.1 Å².